The molecule has 1 amide bonds. The molecule has 4 nitrogen and oxygen atoms in total. The number of carbonyl (C=O) groups excluding carboxylic acids is 1. The SMILES string of the molecule is CC(C)(C)OC(=O)NCC[C@H]1Cc2ccccc2CN1. The van der Waals surface area contributed by atoms with Crippen molar-refractivity contribution in [2.75, 3.05) is 6.54 Å². The second-order valence-electron chi connectivity index (χ2n) is 6.27. The molecule has 2 rings (SSSR count). The van der Waals surface area contributed by atoms with Gasteiger partial charge in [-0.3, -0.25) is 0 Å². The first-order valence-electron chi connectivity index (χ1n) is 7.21. The number of amides is 1. The molecule has 1 atom stereocenters. The summed E-state index contributed by atoms with van der Waals surface area (Å²) in [5.74, 6) is 0. The maximum absolute atomic E-state index is 11.5. The van der Waals surface area contributed by atoms with Gasteiger partial charge in [-0.15, -0.1) is 0 Å². The number of hydrogen-bond acceptors (Lipinski definition) is 3. The third kappa shape index (κ3) is 4.53. The van der Waals surface area contributed by atoms with Crippen LogP contribution in [-0.2, 0) is 17.7 Å². The van der Waals surface area contributed by atoms with E-state index in [1.54, 1.807) is 0 Å². The molecule has 0 saturated carbocycles. The van der Waals surface area contributed by atoms with Gasteiger partial charge in [0.15, 0.2) is 0 Å². The summed E-state index contributed by atoms with van der Waals surface area (Å²) in [4.78, 5) is 11.5. The molecule has 0 aromatic heterocycles. The Morgan fingerprint density at radius 1 is 1.35 bits per heavy atom. The number of alkyl carbamates (subject to hydrolysis) is 1. The Hall–Kier alpha value is -1.55. The van der Waals surface area contributed by atoms with Crippen LogP contribution in [0.5, 0.6) is 0 Å². The maximum atomic E-state index is 11.5. The van der Waals surface area contributed by atoms with E-state index in [9.17, 15) is 4.79 Å². The summed E-state index contributed by atoms with van der Waals surface area (Å²) in [6.45, 7) is 7.15. The summed E-state index contributed by atoms with van der Waals surface area (Å²) in [6, 6.07) is 8.92. The lowest BCUT2D eigenvalue weighted by Gasteiger charge is -2.26. The zero-order valence-electron chi connectivity index (χ0n) is 12.5. The molecular weight excluding hydrogens is 252 g/mol. The summed E-state index contributed by atoms with van der Waals surface area (Å²) in [5, 5.41) is 6.31. The monoisotopic (exact) mass is 276 g/mol. The molecule has 110 valence electrons. The molecule has 1 aromatic rings. The number of nitrogens with one attached hydrogen (secondary N) is 2. The third-order valence-corrected chi connectivity index (χ3v) is 3.33. The molecular formula is C16H24N2O2. The molecule has 1 aliphatic heterocycles. The first-order chi connectivity index (χ1) is 9.44. The van der Waals surface area contributed by atoms with Crippen LogP contribution in [0.3, 0.4) is 0 Å². The van der Waals surface area contributed by atoms with Crippen LogP contribution in [-0.4, -0.2) is 24.3 Å². The van der Waals surface area contributed by atoms with Crippen LogP contribution in [0.1, 0.15) is 38.3 Å². The fourth-order valence-electron chi connectivity index (χ4n) is 2.39. The van der Waals surface area contributed by atoms with Crippen LogP contribution in [0.4, 0.5) is 4.79 Å². The van der Waals surface area contributed by atoms with Gasteiger partial charge >= 0.3 is 6.09 Å². The number of carbonyl (C=O) groups is 1. The Labute approximate surface area is 120 Å². The van der Waals surface area contributed by atoms with Crippen molar-refractivity contribution in [2.45, 2.75) is 51.8 Å². The summed E-state index contributed by atoms with van der Waals surface area (Å²) in [7, 11) is 0. The van der Waals surface area contributed by atoms with Gasteiger partial charge in [-0.05, 0) is 44.7 Å². The quantitative estimate of drug-likeness (QED) is 0.892. The minimum atomic E-state index is -0.438. The van der Waals surface area contributed by atoms with E-state index in [1.807, 2.05) is 20.8 Å². The molecule has 1 aromatic carbocycles. The Morgan fingerprint density at radius 2 is 2.05 bits per heavy atom. The van der Waals surface area contributed by atoms with Gasteiger partial charge in [-0.25, -0.2) is 4.79 Å². The largest absolute Gasteiger partial charge is 0.444 e. The number of fused-ring (bicyclic) bond motifs is 1. The molecule has 0 bridgehead atoms. The van der Waals surface area contributed by atoms with Crippen molar-refractivity contribution in [1.82, 2.24) is 10.6 Å². The molecule has 20 heavy (non-hydrogen) atoms. The second-order valence-corrected chi connectivity index (χ2v) is 6.27. The van der Waals surface area contributed by atoms with E-state index in [4.69, 9.17) is 4.74 Å². The molecule has 2 N–H and O–H groups in total. The van der Waals surface area contributed by atoms with E-state index in [1.165, 1.54) is 11.1 Å². The average Bonchev–Trinajstić information content (AvgIpc) is 2.36. The van der Waals surface area contributed by atoms with Crippen molar-refractivity contribution in [2.24, 2.45) is 0 Å². The smallest absolute Gasteiger partial charge is 0.407 e. The standard InChI is InChI=1S/C16H24N2O2/c1-16(2,3)20-15(19)17-9-8-14-10-12-6-4-5-7-13(12)11-18-14/h4-7,14,18H,8-11H2,1-3H3,(H,17,19)/t14-/m0/s1. The predicted molar refractivity (Wildman–Crippen MR) is 79.6 cm³/mol. The van der Waals surface area contributed by atoms with Crippen molar-refractivity contribution in [1.29, 1.82) is 0 Å². The van der Waals surface area contributed by atoms with Crippen molar-refractivity contribution < 1.29 is 9.53 Å². The highest BCUT2D eigenvalue weighted by Crippen LogP contribution is 2.17. The topological polar surface area (TPSA) is 50.4 Å². The van der Waals surface area contributed by atoms with Gasteiger partial charge in [0.2, 0.25) is 0 Å². The van der Waals surface area contributed by atoms with Gasteiger partial charge in [0.05, 0.1) is 0 Å². The average molecular weight is 276 g/mol. The number of ether oxygens (including phenoxy) is 1. The van der Waals surface area contributed by atoms with E-state index in [0.29, 0.717) is 12.6 Å². The first-order valence-corrected chi connectivity index (χ1v) is 7.21. The molecule has 0 radical (unpaired) electrons. The van der Waals surface area contributed by atoms with Crippen molar-refractivity contribution in [3.05, 3.63) is 35.4 Å². The lowest BCUT2D eigenvalue weighted by molar-refractivity contribution is 0.0526. The van der Waals surface area contributed by atoms with Crippen LogP contribution in [0.2, 0.25) is 0 Å². The molecule has 4 heteroatoms. The zero-order chi connectivity index (χ0) is 14.6. The van der Waals surface area contributed by atoms with E-state index in [2.05, 4.69) is 34.9 Å². The Bertz CT molecular complexity index is 466. The fraction of sp³-hybridized carbons (Fsp3) is 0.562. The molecule has 0 spiro atoms. The molecule has 0 aliphatic carbocycles. The Morgan fingerprint density at radius 3 is 2.75 bits per heavy atom. The maximum Gasteiger partial charge on any atom is 0.407 e. The molecule has 1 aliphatic rings. The summed E-state index contributed by atoms with van der Waals surface area (Å²) < 4.78 is 5.21. The van der Waals surface area contributed by atoms with Crippen molar-refractivity contribution in [3.8, 4) is 0 Å². The van der Waals surface area contributed by atoms with E-state index >= 15 is 0 Å². The van der Waals surface area contributed by atoms with Crippen LogP contribution in [0.25, 0.3) is 0 Å². The Kier molecular flexibility index (Phi) is 4.65. The van der Waals surface area contributed by atoms with Crippen molar-refractivity contribution >= 4 is 6.09 Å². The van der Waals surface area contributed by atoms with Crippen LogP contribution in [0.15, 0.2) is 24.3 Å². The highest BCUT2D eigenvalue weighted by Gasteiger charge is 2.19. The lowest BCUT2D eigenvalue weighted by Crippen LogP contribution is -2.39. The highest BCUT2D eigenvalue weighted by atomic mass is 16.6. The number of benzene rings is 1. The minimum absolute atomic E-state index is 0.339. The zero-order valence-corrected chi connectivity index (χ0v) is 12.5. The second kappa shape index (κ2) is 6.27. The summed E-state index contributed by atoms with van der Waals surface area (Å²) >= 11 is 0. The lowest BCUT2D eigenvalue weighted by atomic mass is 9.94. The fourth-order valence-corrected chi connectivity index (χ4v) is 2.39. The van der Waals surface area contributed by atoms with Gasteiger partial charge < -0.3 is 15.4 Å². The minimum Gasteiger partial charge on any atom is -0.444 e. The number of hydrogen-bond donors (Lipinski definition) is 2. The van der Waals surface area contributed by atoms with E-state index < -0.39 is 5.60 Å². The van der Waals surface area contributed by atoms with Gasteiger partial charge in [0.25, 0.3) is 0 Å². The van der Waals surface area contributed by atoms with Gasteiger partial charge in [-0.1, -0.05) is 24.3 Å². The van der Waals surface area contributed by atoms with Crippen LogP contribution >= 0.6 is 0 Å². The van der Waals surface area contributed by atoms with E-state index in [-0.39, 0.29) is 6.09 Å². The molecule has 0 saturated heterocycles. The van der Waals surface area contributed by atoms with Crippen molar-refractivity contribution in [3.63, 3.8) is 0 Å². The summed E-state index contributed by atoms with van der Waals surface area (Å²) in [6.07, 6.45) is 1.59. The van der Waals surface area contributed by atoms with E-state index in [0.717, 1.165) is 19.4 Å². The third-order valence-electron chi connectivity index (χ3n) is 3.33. The first kappa shape index (κ1) is 14.9. The number of rotatable bonds is 3. The summed E-state index contributed by atoms with van der Waals surface area (Å²) in [5.41, 5.74) is 2.35. The highest BCUT2D eigenvalue weighted by molar-refractivity contribution is 5.67. The van der Waals surface area contributed by atoms with Crippen LogP contribution < -0.4 is 10.6 Å². The van der Waals surface area contributed by atoms with Gasteiger partial charge in [-0.2, -0.15) is 0 Å². The predicted octanol–water partition coefficient (Wildman–Crippen LogP) is 2.62. The van der Waals surface area contributed by atoms with Gasteiger partial charge in [0.1, 0.15) is 5.60 Å². The molecule has 0 fully saturated rings. The normalized spacial score (nSPS) is 18.2. The molecule has 1 heterocycles. The molecule has 0 unspecified atom stereocenters. The van der Waals surface area contributed by atoms with Crippen LogP contribution in [0, 0.1) is 0 Å². The van der Waals surface area contributed by atoms with Gasteiger partial charge in [0, 0.05) is 19.1 Å². The Balaban J connectivity index is 1.73.